The van der Waals surface area contributed by atoms with Crippen LogP contribution < -0.4 is 5.32 Å². The predicted molar refractivity (Wildman–Crippen MR) is 140 cm³/mol. The van der Waals surface area contributed by atoms with E-state index in [9.17, 15) is 4.79 Å². The van der Waals surface area contributed by atoms with Gasteiger partial charge in [0.1, 0.15) is 0 Å². The second-order valence-electron chi connectivity index (χ2n) is 9.85. The van der Waals surface area contributed by atoms with Crippen LogP contribution in [0, 0.1) is 11.8 Å². The average molecular weight is 470 g/mol. The average Bonchev–Trinajstić information content (AvgIpc) is 3.34. The molecule has 190 valence electrons. The summed E-state index contributed by atoms with van der Waals surface area (Å²) in [4.78, 5) is 17.0. The van der Waals surface area contributed by atoms with E-state index in [0.29, 0.717) is 17.6 Å². The summed E-state index contributed by atoms with van der Waals surface area (Å²) in [5.41, 5.74) is 2.30. The Kier molecular flexibility index (Phi) is 13.6. The molecule has 2 rings (SSSR count). The largest absolute Gasteiger partial charge is 0.347 e. The number of hydrogen-bond donors (Lipinski definition) is 1. The number of nitrogens with zero attached hydrogens (tertiary/aromatic N) is 2. The molecule has 2 atom stereocenters. The van der Waals surface area contributed by atoms with Gasteiger partial charge in [0, 0.05) is 11.5 Å². The normalized spacial score (nSPS) is 13.1. The first-order valence-corrected chi connectivity index (χ1v) is 13.8. The number of nitrogens with one attached hydrogen (secondary N) is 1. The van der Waals surface area contributed by atoms with Crippen molar-refractivity contribution < 1.29 is 9.32 Å². The van der Waals surface area contributed by atoms with Crippen molar-refractivity contribution in [2.75, 3.05) is 0 Å². The van der Waals surface area contributed by atoms with Crippen LogP contribution in [-0.4, -0.2) is 16.0 Å². The second-order valence-corrected chi connectivity index (χ2v) is 9.85. The van der Waals surface area contributed by atoms with Crippen LogP contribution in [0.15, 0.2) is 28.8 Å². The number of hydrogen-bond acceptors (Lipinski definition) is 4. The van der Waals surface area contributed by atoms with E-state index in [1.54, 1.807) is 0 Å². The molecule has 0 saturated carbocycles. The molecule has 2 aromatic rings. The number of benzene rings is 1. The summed E-state index contributed by atoms with van der Waals surface area (Å²) in [5, 5.41) is 7.09. The van der Waals surface area contributed by atoms with Crippen LogP contribution in [0.25, 0.3) is 11.4 Å². The Morgan fingerprint density at radius 2 is 1.59 bits per heavy atom. The smallest absolute Gasteiger partial charge is 0.246 e. The maximum Gasteiger partial charge on any atom is 0.246 e. The zero-order valence-electron chi connectivity index (χ0n) is 22.1. The van der Waals surface area contributed by atoms with E-state index in [-0.39, 0.29) is 18.4 Å². The zero-order valence-corrected chi connectivity index (χ0v) is 22.1. The van der Waals surface area contributed by atoms with Crippen molar-refractivity contribution >= 4 is 5.91 Å². The van der Waals surface area contributed by atoms with E-state index in [2.05, 4.69) is 67.4 Å². The number of rotatable bonds is 18. The summed E-state index contributed by atoms with van der Waals surface area (Å²) in [6.07, 6.45) is 15.9. The molecule has 5 nitrogen and oxygen atoms in total. The fourth-order valence-corrected chi connectivity index (χ4v) is 4.24. The van der Waals surface area contributed by atoms with Gasteiger partial charge in [-0.25, -0.2) is 0 Å². The number of aryl methyl sites for hydroxylation is 1. The molecule has 0 saturated heterocycles. The molecule has 0 fully saturated rings. The van der Waals surface area contributed by atoms with Crippen LogP contribution in [0.2, 0.25) is 0 Å². The van der Waals surface area contributed by atoms with Crippen LogP contribution in [-0.2, 0) is 17.8 Å². The van der Waals surface area contributed by atoms with Gasteiger partial charge in [-0.05, 0) is 43.6 Å². The molecule has 0 spiro atoms. The number of unbranched alkanes of at least 4 members (excludes halogenated alkanes) is 7. The van der Waals surface area contributed by atoms with Gasteiger partial charge >= 0.3 is 0 Å². The zero-order chi connectivity index (χ0) is 24.6. The van der Waals surface area contributed by atoms with Crippen molar-refractivity contribution in [1.82, 2.24) is 15.5 Å². The van der Waals surface area contributed by atoms with Gasteiger partial charge in [-0.1, -0.05) is 108 Å². The molecule has 1 heterocycles. The highest BCUT2D eigenvalue weighted by atomic mass is 16.5. The molecule has 0 aliphatic heterocycles. The third kappa shape index (κ3) is 10.4. The molecular formula is C29H47N3O2. The summed E-state index contributed by atoms with van der Waals surface area (Å²) in [7, 11) is 0. The molecular weight excluding hydrogens is 422 g/mol. The lowest BCUT2D eigenvalue weighted by molar-refractivity contribution is -0.125. The van der Waals surface area contributed by atoms with Crippen molar-refractivity contribution in [1.29, 1.82) is 0 Å². The monoisotopic (exact) mass is 469 g/mol. The molecule has 0 aliphatic carbocycles. The third-order valence-corrected chi connectivity index (χ3v) is 6.98. The van der Waals surface area contributed by atoms with Crippen LogP contribution in [0.3, 0.4) is 0 Å². The summed E-state index contributed by atoms with van der Waals surface area (Å²) in [6, 6.07) is 8.46. The highest BCUT2D eigenvalue weighted by molar-refractivity contribution is 5.78. The van der Waals surface area contributed by atoms with E-state index in [4.69, 9.17) is 4.52 Å². The fraction of sp³-hybridized carbons (Fsp3) is 0.690. The van der Waals surface area contributed by atoms with E-state index >= 15 is 0 Å². The Labute approximate surface area is 207 Å². The third-order valence-electron chi connectivity index (χ3n) is 6.98. The number of carbonyl (C=O) groups excluding carboxylic acids is 1. The van der Waals surface area contributed by atoms with Crippen LogP contribution >= 0.6 is 0 Å². The minimum absolute atomic E-state index is 0.0463. The molecule has 1 aromatic heterocycles. The van der Waals surface area contributed by atoms with E-state index in [1.165, 1.54) is 56.9 Å². The Balaban J connectivity index is 1.73. The quantitative estimate of drug-likeness (QED) is 0.225. The van der Waals surface area contributed by atoms with E-state index < -0.39 is 0 Å². The van der Waals surface area contributed by atoms with Gasteiger partial charge in [-0.15, -0.1) is 0 Å². The van der Waals surface area contributed by atoms with Gasteiger partial charge in [-0.2, -0.15) is 4.98 Å². The summed E-state index contributed by atoms with van der Waals surface area (Å²) < 4.78 is 5.38. The van der Waals surface area contributed by atoms with Gasteiger partial charge in [0.2, 0.25) is 17.6 Å². The lowest BCUT2D eigenvalue weighted by Gasteiger charge is -2.16. The SMILES string of the molecule is CCCCCCCCCCc1ccc(-c2noc(CNC(=O)[C@H](CC)CCC(C)CC)n2)cc1. The van der Waals surface area contributed by atoms with Gasteiger partial charge < -0.3 is 9.84 Å². The Hall–Kier alpha value is -2.17. The maximum atomic E-state index is 12.5. The van der Waals surface area contributed by atoms with Gasteiger partial charge in [0.15, 0.2) is 0 Å². The number of aromatic nitrogens is 2. The van der Waals surface area contributed by atoms with Gasteiger partial charge in [0.25, 0.3) is 0 Å². The standard InChI is InChI=1S/C29H47N3O2/c1-5-8-9-10-11-12-13-14-15-24-17-20-26(21-18-24)28-31-27(34-32-28)22-30-29(33)25(7-3)19-16-23(4)6-2/h17-18,20-21,23,25H,5-16,19,22H2,1-4H3,(H,30,33)/t23?,25-/m1/s1. The first-order chi connectivity index (χ1) is 16.6. The van der Waals surface area contributed by atoms with Crippen LogP contribution in [0.1, 0.15) is 116 Å². The molecule has 1 amide bonds. The Bertz CT molecular complexity index is 800. The molecule has 1 N–H and O–H groups in total. The molecule has 5 heteroatoms. The molecule has 1 unspecified atom stereocenters. The summed E-state index contributed by atoms with van der Waals surface area (Å²) in [6.45, 7) is 9.06. The van der Waals surface area contributed by atoms with Crippen molar-refractivity contribution in [3.63, 3.8) is 0 Å². The first-order valence-electron chi connectivity index (χ1n) is 13.8. The van der Waals surface area contributed by atoms with Crippen LogP contribution in [0.5, 0.6) is 0 Å². The lowest BCUT2D eigenvalue weighted by atomic mass is 9.93. The Morgan fingerprint density at radius 1 is 0.912 bits per heavy atom. The topological polar surface area (TPSA) is 68.0 Å². The van der Waals surface area contributed by atoms with E-state index in [0.717, 1.165) is 37.7 Å². The van der Waals surface area contributed by atoms with Crippen molar-refractivity contribution in [2.45, 2.75) is 118 Å². The van der Waals surface area contributed by atoms with Gasteiger partial charge in [-0.3, -0.25) is 4.79 Å². The van der Waals surface area contributed by atoms with Gasteiger partial charge in [0.05, 0.1) is 6.54 Å². The molecule has 0 bridgehead atoms. The highest BCUT2D eigenvalue weighted by Gasteiger charge is 2.18. The molecule has 34 heavy (non-hydrogen) atoms. The first kappa shape index (κ1) is 28.1. The fourth-order valence-electron chi connectivity index (χ4n) is 4.24. The molecule has 0 radical (unpaired) electrons. The Morgan fingerprint density at radius 3 is 2.24 bits per heavy atom. The molecule has 0 aliphatic rings. The summed E-state index contributed by atoms with van der Waals surface area (Å²) >= 11 is 0. The minimum Gasteiger partial charge on any atom is -0.347 e. The maximum absolute atomic E-state index is 12.5. The minimum atomic E-state index is 0.0463. The molecule has 1 aromatic carbocycles. The predicted octanol–water partition coefficient (Wildman–Crippen LogP) is 7.89. The van der Waals surface area contributed by atoms with Crippen LogP contribution in [0.4, 0.5) is 0 Å². The summed E-state index contributed by atoms with van der Waals surface area (Å²) in [5.74, 6) is 1.81. The second kappa shape index (κ2) is 16.5. The van der Waals surface area contributed by atoms with Crippen molar-refractivity contribution in [3.8, 4) is 11.4 Å². The lowest BCUT2D eigenvalue weighted by Crippen LogP contribution is -2.30. The number of carbonyl (C=O) groups is 1. The number of amides is 1. The van der Waals surface area contributed by atoms with E-state index in [1.807, 2.05) is 0 Å². The van der Waals surface area contributed by atoms with Crippen molar-refractivity contribution in [3.05, 3.63) is 35.7 Å². The highest BCUT2D eigenvalue weighted by Crippen LogP contribution is 2.20. The van der Waals surface area contributed by atoms with Crippen molar-refractivity contribution in [2.24, 2.45) is 11.8 Å².